The highest BCUT2D eigenvalue weighted by Crippen LogP contribution is 2.29. The van der Waals surface area contributed by atoms with Crippen molar-refractivity contribution in [2.45, 2.75) is 26.7 Å². The van der Waals surface area contributed by atoms with Crippen LogP contribution in [0.1, 0.15) is 35.7 Å². The predicted molar refractivity (Wildman–Crippen MR) is 69.0 cm³/mol. The normalized spacial score (nSPS) is 16.8. The van der Waals surface area contributed by atoms with Crippen LogP contribution in [-0.2, 0) is 9.59 Å². The molecular formula is C14H15NO4. The smallest absolute Gasteiger partial charge is 0.336 e. The lowest BCUT2D eigenvalue weighted by molar-refractivity contribution is -0.130. The second kappa shape index (κ2) is 4.84. The number of hydrogen-bond acceptors (Lipinski definition) is 3. The minimum absolute atomic E-state index is 0.0409. The number of carboxylic acid groups (broad SMARTS) is 1. The molecule has 2 rings (SSSR count). The van der Waals surface area contributed by atoms with Crippen LogP contribution >= 0.6 is 0 Å². The maximum Gasteiger partial charge on any atom is 0.336 e. The molecule has 19 heavy (non-hydrogen) atoms. The van der Waals surface area contributed by atoms with Gasteiger partial charge in [0, 0.05) is 12.8 Å². The van der Waals surface area contributed by atoms with Crippen molar-refractivity contribution in [2.75, 3.05) is 4.90 Å². The molecule has 1 aliphatic heterocycles. The van der Waals surface area contributed by atoms with Crippen LogP contribution in [0.25, 0.3) is 0 Å². The third-order valence-electron chi connectivity index (χ3n) is 3.32. The Morgan fingerprint density at radius 3 is 2.37 bits per heavy atom. The van der Waals surface area contributed by atoms with Gasteiger partial charge in [-0.3, -0.25) is 14.5 Å². The first-order valence-corrected chi connectivity index (χ1v) is 6.10. The van der Waals surface area contributed by atoms with Gasteiger partial charge < -0.3 is 5.11 Å². The third-order valence-corrected chi connectivity index (χ3v) is 3.32. The van der Waals surface area contributed by atoms with Gasteiger partial charge in [-0.1, -0.05) is 13.0 Å². The van der Waals surface area contributed by atoms with E-state index in [-0.39, 0.29) is 23.3 Å². The summed E-state index contributed by atoms with van der Waals surface area (Å²) >= 11 is 0. The summed E-state index contributed by atoms with van der Waals surface area (Å²) in [5.41, 5.74) is 0.921. The molecular weight excluding hydrogens is 246 g/mol. The summed E-state index contributed by atoms with van der Waals surface area (Å²) < 4.78 is 0. The zero-order valence-electron chi connectivity index (χ0n) is 10.8. The minimum Gasteiger partial charge on any atom is -0.478 e. The van der Waals surface area contributed by atoms with E-state index in [2.05, 4.69) is 0 Å². The summed E-state index contributed by atoms with van der Waals surface area (Å²) in [4.78, 5) is 36.2. The van der Waals surface area contributed by atoms with Crippen LogP contribution in [0.15, 0.2) is 18.2 Å². The molecule has 0 radical (unpaired) electrons. The van der Waals surface area contributed by atoms with Gasteiger partial charge in [0.1, 0.15) is 0 Å². The maximum atomic E-state index is 12.0. The Hall–Kier alpha value is -2.17. The number of aromatic carboxylic acids is 1. The first kappa shape index (κ1) is 13.3. The third kappa shape index (κ3) is 2.36. The lowest BCUT2D eigenvalue weighted by atomic mass is 9.96. The van der Waals surface area contributed by atoms with E-state index in [9.17, 15) is 14.4 Å². The van der Waals surface area contributed by atoms with Gasteiger partial charge in [-0.2, -0.15) is 0 Å². The van der Waals surface area contributed by atoms with Gasteiger partial charge in [0.25, 0.3) is 0 Å². The molecule has 0 atom stereocenters. The summed E-state index contributed by atoms with van der Waals surface area (Å²) in [7, 11) is 0. The Kier molecular flexibility index (Phi) is 3.38. The number of carboxylic acids is 1. The molecule has 2 amide bonds. The number of carbonyl (C=O) groups is 3. The molecule has 1 heterocycles. The van der Waals surface area contributed by atoms with Crippen LogP contribution in [0.4, 0.5) is 5.69 Å². The zero-order chi connectivity index (χ0) is 14.2. The van der Waals surface area contributed by atoms with Gasteiger partial charge >= 0.3 is 5.97 Å². The van der Waals surface area contributed by atoms with Crippen molar-refractivity contribution in [3.8, 4) is 0 Å². The summed E-state index contributed by atoms with van der Waals surface area (Å²) in [5, 5.41) is 9.07. The second-order valence-corrected chi connectivity index (χ2v) is 4.89. The highest BCUT2D eigenvalue weighted by atomic mass is 16.4. The molecule has 0 aliphatic carbocycles. The lowest BCUT2D eigenvalue weighted by Gasteiger charge is -2.29. The fraction of sp³-hybridized carbons (Fsp3) is 0.357. The van der Waals surface area contributed by atoms with Crippen molar-refractivity contribution >= 4 is 23.5 Å². The molecule has 1 fully saturated rings. The number of amides is 2. The Morgan fingerprint density at radius 1 is 1.26 bits per heavy atom. The van der Waals surface area contributed by atoms with Gasteiger partial charge in [0.2, 0.25) is 11.8 Å². The van der Waals surface area contributed by atoms with E-state index in [0.717, 1.165) is 4.90 Å². The van der Waals surface area contributed by atoms with Gasteiger partial charge in [-0.25, -0.2) is 4.79 Å². The molecule has 1 aromatic carbocycles. The summed E-state index contributed by atoms with van der Waals surface area (Å²) in [6, 6.07) is 4.61. The predicted octanol–water partition coefficient (Wildman–Crippen LogP) is 1.98. The van der Waals surface area contributed by atoms with Gasteiger partial charge in [0.15, 0.2) is 0 Å². The maximum absolute atomic E-state index is 12.0. The molecule has 0 bridgehead atoms. The first-order valence-electron chi connectivity index (χ1n) is 6.10. The number of nitrogens with zero attached hydrogens (tertiary/aromatic N) is 1. The Labute approximate surface area is 110 Å². The van der Waals surface area contributed by atoms with Crippen molar-refractivity contribution in [3.63, 3.8) is 0 Å². The average molecular weight is 261 g/mol. The van der Waals surface area contributed by atoms with E-state index >= 15 is 0 Å². The topological polar surface area (TPSA) is 74.7 Å². The first-order chi connectivity index (χ1) is 8.91. The SMILES string of the molecule is Cc1c(C(=O)O)cccc1N1C(=O)CC(C)CC1=O. The fourth-order valence-electron chi connectivity index (χ4n) is 2.36. The monoisotopic (exact) mass is 261 g/mol. The Balaban J connectivity index is 2.47. The summed E-state index contributed by atoms with van der Waals surface area (Å²) in [5.74, 6) is -1.56. The van der Waals surface area contributed by atoms with E-state index in [1.165, 1.54) is 6.07 Å². The van der Waals surface area contributed by atoms with E-state index in [1.54, 1.807) is 19.1 Å². The lowest BCUT2D eigenvalue weighted by Crippen LogP contribution is -2.43. The van der Waals surface area contributed by atoms with E-state index in [0.29, 0.717) is 24.1 Å². The molecule has 1 N–H and O–H groups in total. The number of carbonyl (C=O) groups excluding carboxylic acids is 2. The highest BCUT2D eigenvalue weighted by molar-refractivity contribution is 6.17. The number of benzene rings is 1. The molecule has 5 nitrogen and oxygen atoms in total. The number of rotatable bonds is 2. The molecule has 100 valence electrons. The zero-order valence-corrected chi connectivity index (χ0v) is 10.8. The fourth-order valence-corrected chi connectivity index (χ4v) is 2.36. The van der Waals surface area contributed by atoms with Crippen LogP contribution in [0, 0.1) is 12.8 Å². The standard InChI is InChI=1S/C14H15NO4/c1-8-6-12(16)15(13(17)7-8)11-5-3-4-10(9(11)2)14(18)19/h3-5,8H,6-7H2,1-2H3,(H,18,19). The molecule has 0 unspecified atom stereocenters. The van der Waals surface area contributed by atoms with Gasteiger partial charge in [-0.15, -0.1) is 0 Å². The van der Waals surface area contributed by atoms with Gasteiger partial charge in [0.05, 0.1) is 11.3 Å². The van der Waals surface area contributed by atoms with Crippen LogP contribution in [-0.4, -0.2) is 22.9 Å². The van der Waals surface area contributed by atoms with Gasteiger partial charge in [-0.05, 0) is 30.5 Å². The molecule has 0 aromatic heterocycles. The second-order valence-electron chi connectivity index (χ2n) is 4.89. The highest BCUT2D eigenvalue weighted by Gasteiger charge is 2.32. The number of imide groups is 1. The Morgan fingerprint density at radius 2 is 1.84 bits per heavy atom. The Bertz CT molecular complexity index is 547. The largest absolute Gasteiger partial charge is 0.478 e. The summed E-state index contributed by atoms with van der Waals surface area (Å²) in [6.45, 7) is 3.46. The molecule has 5 heteroatoms. The minimum atomic E-state index is -1.07. The van der Waals surface area contributed by atoms with Crippen LogP contribution in [0.2, 0.25) is 0 Å². The molecule has 1 saturated heterocycles. The summed E-state index contributed by atoms with van der Waals surface area (Å²) in [6.07, 6.45) is 0.616. The van der Waals surface area contributed by atoms with Crippen LogP contribution in [0.5, 0.6) is 0 Å². The van der Waals surface area contributed by atoms with Crippen molar-refractivity contribution in [2.24, 2.45) is 5.92 Å². The number of hydrogen-bond donors (Lipinski definition) is 1. The van der Waals surface area contributed by atoms with E-state index in [4.69, 9.17) is 5.11 Å². The molecule has 1 aliphatic rings. The number of anilines is 1. The molecule has 0 saturated carbocycles. The van der Waals surface area contributed by atoms with Crippen LogP contribution < -0.4 is 4.90 Å². The van der Waals surface area contributed by atoms with E-state index < -0.39 is 5.97 Å². The molecule has 0 spiro atoms. The van der Waals surface area contributed by atoms with Crippen molar-refractivity contribution in [3.05, 3.63) is 29.3 Å². The average Bonchev–Trinajstić information content (AvgIpc) is 2.29. The number of piperidine rings is 1. The van der Waals surface area contributed by atoms with E-state index in [1.807, 2.05) is 6.92 Å². The van der Waals surface area contributed by atoms with Crippen molar-refractivity contribution in [1.29, 1.82) is 0 Å². The van der Waals surface area contributed by atoms with Crippen LogP contribution in [0.3, 0.4) is 0 Å². The van der Waals surface area contributed by atoms with Crippen molar-refractivity contribution in [1.82, 2.24) is 0 Å². The molecule has 1 aromatic rings. The van der Waals surface area contributed by atoms with Crippen molar-refractivity contribution < 1.29 is 19.5 Å². The quantitative estimate of drug-likeness (QED) is 0.826.